The van der Waals surface area contributed by atoms with Crippen LogP contribution in [0, 0.1) is 0 Å². The van der Waals surface area contributed by atoms with Gasteiger partial charge in [0.05, 0.1) is 0 Å². The van der Waals surface area contributed by atoms with Crippen molar-refractivity contribution in [2.24, 2.45) is 0 Å². The summed E-state index contributed by atoms with van der Waals surface area (Å²) >= 11 is 0. The van der Waals surface area contributed by atoms with Crippen molar-refractivity contribution in [2.75, 3.05) is 0 Å². The Morgan fingerprint density at radius 2 is 1.94 bits per heavy atom. The fourth-order valence-corrected chi connectivity index (χ4v) is 2.85. The lowest BCUT2D eigenvalue weighted by Crippen LogP contribution is -2.19. The van der Waals surface area contributed by atoms with Crippen molar-refractivity contribution >= 4 is 0 Å². The number of aryl methyl sites for hydroxylation is 1. The second kappa shape index (κ2) is 3.80. The van der Waals surface area contributed by atoms with Crippen molar-refractivity contribution in [3.63, 3.8) is 0 Å². The maximum atomic E-state index is 9.82. The molecule has 0 unspecified atom stereocenters. The summed E-state index contributed by atoms with van der Waals surface area (Å²) in [6.45, 7) is 8.99. The van der Waals surface area contributed by atoms with Crippen LogP contribution < -0.4 is 0 Å². The van der Waals surface area contributed by atoms with Crippen molar-refractivity contribution in [1.29, 1.82) is 0 Å². The molecular weight excluding hydrogens is 196 g/mol. The molecule has 0 radical (unpaired) electrons. The molecule has 1 aliphatic rings. The monoisotopic (exact) mass is 218 g/mol. The molecule has 1 aliphatic carbocycles. The van der Waals surface area contributed by atoms with E-state index in [0.29, 0.717) is 11.7 Å². The first kappa shape index (κ1) is 11.5. The summed E-state index contributed by atoms with van der Waals surface area (Å²) in [4.78, 5) is 0. The lowest BCUT2D eigenvalue weighted by molar-refractivity contribution is 0.464. The van der Waals surface area contributed by atoms with Crippen LogP contribution in [0.3, 0.4) is 0 Å². The summed E-state index contributed by atoms with van der Waals surface area (Å²) < 4.78 is 0. The third-order valence-electron chi connectivity index (χ3n) is 3.63. The summed E-state index contributed by atoms with van der Waals surface area (Å²) in [5.41, 5.74) is 4.31. The Balaban J connectivity index is 2.64. The fourth-order valence-electron chi connectivity index (χ4n) is 2.85. The van der Waals surface area contributed by atoms with Crippen LogP contribution in [0.1, 0.15) is 63.1 Å². The Hall–Kier alpha value is -0.980. The largest absolute Gasteiger partial charge is 0.508 e. The molecule has 16 heavy (non-hydrogen) atoms. The number of hydrogen-bond donors (Lipinski definition) is 1. The third kappa shape index (κ3) is 1.95. The van der Waals surface area contributed by atoms with Crippen LogP contribution in [0.15, 0.2) is 12.1 Å². The number of phenols is 1. The van der Waals surface area contributed by atoms with Gasteiger partial charge in [0, 0.05) is 0 Å². The number of rotatable bonds is 0. The van der Waals surface area contributed by atoms with E-state index in [4.69, 9.17) is 0 Å². The molecule has 0 spiro atoms. The van der Waals surface area contributed by atoms with Crippen LogP contribution in [-0.2, 0) is 11.8 Å². The van der Waals surface area contributed by atoms with Crippen molar-refractivity contribution in [2.45, 2.75) is 58.3 Å². The smallest absolute Gasteiger partial charge is 0.116 e. The van der Waals surface area contributed by atoms with Crippen LogP contribution in [0.5, 0.6) is 5.75 Å². The maximum Gasteiger partial charge on any atom is 0.116 e. The highest BCUT2D eigenvalue weighted by Gasteiger charge is 2.26. The minimum Gasteiger partial charge on any atom is -0.508 e. The molecule has 1 heteroatoms. The highest BCUT2D eigenvalue weighted by Crippen LogP contribution is 2.40. The molecule has 0 heterocycles. The molecule has 0 aliphatic heterocycles. The molecule has 1 nitrogen and oxygen atoms in total. The second-order valence-corrected chi connectivity index (χ2v) is 6.11. The minimum absolute atomic E-state index is 0.119. The predicted molar refractivity (Wildman–Crippen MR) is 68.2 cm³/mol. The highest BCUT2D eigenvalue weighted by molar-refractivity contribution is 5.47. The first-order chi connectivity index (χ1) is 7.39. The Kier molecular flexibility index (Phi) is 2.73. The fraction of sp³-hybridized carbons (Fsp3) is 0.600. The third-order valence-corrected chi connectivity index (χ3v) is 3.63. The van der Waals surface area contributed by atoms with Gasteiger partial charge in [-0.2, -0.15) is 0 Å². The highest BCUT2D eigenvalue weighted by atomic mass is 16.3. The summed E-state index contributed by atoms with van der Waals surface area (Å²) in [6.07, 6.45) is 3.65. The molecule has 2 rings (SSSR count). The molecule has 1 atom stereocenters. The Labute approximate surface area is 98.5 Å². The zero-order valence-corrected chi connectivity index (χ0v) is 10.8. The van der Waals surface area contributed by atoms with Gasteiger partial charge in [-0.25, -0.2) is 0 Å². The molecular formula is C15H22O. The first-order valence-corrected chi connectivity index (χ1v) is 6.26. The van der Waals surface area contributed by atoms with Crippen LogP contribution in [0.25, 0.3) is 0 Å². The van der Waals surface area contributed by atoms with Gasteiger partial charge in [-0.15, -0.1) is 0 Å². The van der Waals surface area contributed by atoms with Gasteiger partial charge in [0.15, 0.2) is 0 Å². The van der Waals surface area contributed by atoms with Crippen molar-refractivity contribution in [3.8, 4) is 5.75 Å². The Morgan fingerprint density at radius 1 is 1.25 bits per heavy atom. The molecule has 1 N–H and O–H groups in total. The molecule has 0 bridgehead atoms. The second-order valence-electron chi connectivity index (χ2n) is 6.11. The first-order valence-electron chi connectivity index (χ1n) is 6.26. The van der Waals surface area contributed by atoms with E-state index in [1.54, 1.807) is 0 Å². The Morgan fingerprint density at radius 3 is 2.56 bits per heavy atom. The average molecular weight is 218 g/mol. The van der Waals surface area contributed by atoms with Crippen LogP contribution in [0.4, 0.5) is 0 Å². The molecule has 0 aromatic heterocycles. The molecule has 1 aromatic carbocycles. The van der Waals surface area contributed by atoms with Gasteiger partial charge < -0.3 is 5.11 Å². The predicted octanol–water partition coefficient (Wildman–Crippen LogP) is 4.13. The van der Waals surface area contributed by atoms with Crippen LogP contribution >= 0.6 is 0 Å². The normalized spacial score (nSPS) is 20.6. The van der Waals surface area contributed by atoms with E-state index in [0.717, 1.165) is 6.42 Å². The van der Waals surface area contributed by atoms with Gasteiger partial charge in [-0.05, 0) is 59.4 Å². The summed E-state index contributed by atoms with van der Waals surface area (Å²) in [7, 11) is 0. The SMILES string of the molecule is C[C@H]1CCCc2cc(O)cc(C(C)(C)C)c21. The van der Waals surface area contributed by atoms with Gasteiger partial charge in [-0.3, -0.25) is 0 Å². The van der Waals surface area contributed by atoms with E-state index in [1.807, 2.05) is 12.1 Å². The van der Waals surface area contributed by atoms with Crippen molar-refractivity contribution in [1.82, 2.24) is 0 Å². The topological polar surface area (TPSA) is 20.2 Å². The quantitative estimate of drug-likeness (QED) is 0.694. The van der Waals surface area contributed by atoms with Crippen molar-refractivity contribution in [3.05, 3.63) is 28.8 Å². The van der Waals surface area contributed by atoms with Gasteiger partial charge in [0.1, 0.15) is 5.75 Å². The number of fused-ring (bicyclic) bond motifs is 1. The lowest BCUT2D eigenvalue weighted by atomic mass is 9.74. The van der Waals surface area contributed by atoms with E-state index in [-0.39, 0.29) is 5.41 Å². The lowest BCUT2D eigenvalue weighted by Gasteiger charge is -2.31. The molecule has 0 amide bonds. The van der Waals surface area contributed by atoms with Crippen LogP contribution in [-0.4, -0.2) is 5.11 Å². The van der Waals surface area contributed by atoms with E-state index in [1.165, 1.54) is 29.5 Å². The van der Waals surface area contributed by atoms with E-state index < -0.39 is 0 Å². The summed E-state index contributed by atoms with van der Waals surface area (Å²) in [5, 5.41) is 9.82. The van der Waals surface area contributed by atoms with E-state index in [2.05, 4.69) is 27.7 Å². The zero-order chi connectivity index (χ0) is 11.9. The Bertz CT molecular complexity index is 399. The maximum absolute atomic E-state index is 9.82. The van der Waals surface area contributed by atoms with Gasteiger partial charge in [-0.1, -0.05) is 27.7 Å². The van der Waals surface area contributed by atoms with E-state index in [9.17, 15) is 5.11 Å². The number of phenolic OH excluding ortho intramolecular Hbond substituents is 1. The van der Waals surface area contributed by atoms with Crippen molar-refractivity contribution < 1.29 is 5.11 Å². The zero-order valence-electron chi connectivity index (χ0n) is 10.8. The number of benzene rings is 1. The molecule has 1 aromatic rings. The summed E-state index contributed by atoms with van der Waals surface area (Å²) in [6, 6.07) is 3.92. The molecule has 0 saturated carbocycles. The van der Waals surface area contributed by atoms with Gasteiger partial charge in [0.25, 0.3) is 0 Å². The molecule has 0 fully saturated rings. The number of hydrogen-bond acceptors (Lipinski definition) is 1. The van der Waals surface area contributed by atoms with Gasteiger partial charge in [0.2, 0.25) is 0 Å². The molecule has 0 saturated heterocycles. The standard InChI is InChI=1S/C15H22O/c1-10-6-5-7-11-8-12(16)9-13(14(10)11)15(2,3)4/h8-10,16H,5-7H2,1-4H3/t10-/m0/s1. The van der Waals surface area contributed by atoms with E-state index >= 15 is 0 Å². The minimum atomic E-state index is 0.119. The summed E-state index contributed by atoms with van der Waals surface area (Å²) in [5.74, 6) is 1.07. The van der Waals surface area contributed by atoms with Gasteiger partial charge >= 0.3 is 0 Å². The average Bonchev–Trinajstić information content (AvgIpc) is 2.15. The van der Waals surface area contributed by atoms with Crippen LogP contribution in [0.2, 0.25) is 0 Å². The molecule has 88 valence electrons. The number of aromatic hydroxyl groups is 1.